The fourth-order valence-electron chi connectivity index (χ4n) is 4.35. The Kier molecular flexibility index (Phi) is 8.04. The van der Waals surface area contributed by atoms with E-state index in [0.29, 0.717) is 32.8 Å². The Morgan fingerprint density at radius 1 is 1.11 bits per heavy atom. The zero-order valence-corrected chi connectivity index (χ0v) is 21.5. The van der Waals surface area contributed by atoms with Crippen molar-refractivity contribution in [2.24, 2.45) is 0 Å². The molecule has 0 aromatic heterocycles. The van der Waals surface area contributed by atoms with Gasteiger partial charge in [0, 0.05) is 11.6 Å². The summed E-state index contributed by atoms with van der Waals surface area (Å²) in [7, 11) is 0. The van der Waals surface area contributed by atoms with Gasteiger partial charge < -0.3 is 9.47 Å². The van der Waals surface area contributed by atoms with Crippen molar-refractivity contribution in [2.45, 2.75) is 51.7 Å². The Bertz CT molecular complexity index is 1180. The topological polar surface area (TPSA) is 84.9 Å². The highest BCUT2D eigenvalue weighted by atomic mass is 127. The maximum Gasteiger partial charge on any atom is 0.331 e. The lowest BCUT2D eigenvalue weighted by molar-refractivity contribution is -0.132. The number of barbiturate groups is 1. The number of urea groups is 1. The number of ether oxygens (including phenoxy) is 2. The van der Waals surface area contributed by atoms with Crippen LogP contribution in [-0.2, 0) is 16.2 Å². The molecule has 2 aromatic rings. The number of nitrogens with one attached hydrogen (secondary N) is 1. The van der Waals surface area contributed by atoms with Gasteiger partial charge in [0.25, 0.3) is 11.8 Å². The van der Waals surface area contributed by atoms with Crippen molar-refractivity contribution in [1.82, 2.24) is 10.2 Å². The molecule has 9 heteroatoms. The first-order chi connectivity index (χ1) is 16.9. The molecule has 184 valence electrons. The van der Waals surface area contributed by atoms with E-state index < -0.39 is 17.8 Å². The summed E-state index contributed by atoms with van der Waals surface area (Å²) in [5.74, 6) is -0.818. The molecule has 1 saturated heterocycles. The Morgan fingerprint density at radius 2 is 1.86 bits per heavy atom. The number of carbonyl (C=O) groups excluding carboxylic acids is 3. The number of carbonyl (C=O) groups is 3. The predicted molar refractivity (Wildman–Crippen MR) is 136 cm³/mol. The van der Waals surface area contributed by atoms with Crippen molar-refractivity contribution < 1.29 is 28.2 Å². The average Bonchev–Trinajstić information content (AvgIpc) is 2.83. The largest absolute Gasteiger partial charge is 0.490 e. The summed E-state index contributed by atoms with van der Waals surface area (Å²) < 4.78 is 26.3. The van der Waals surface area contributed by atoms with Crippen LogP contribution < -0.4 is 14.8 Å². The molecule has 1 aliphatic carbocycles. The number of hydrogen-bond donors (Lipinski definition) is 1. The van der Waals surface area contributed by atoms with Crippen LogP contribution in [0, 0.1) is 9.39 Å². The van der Waals surface area contributed by atoms with Crippen LogP contribution in [0.4, 0.5) is 9.18 Å². The lowest BCUT2D eigenvalue weighted by atomic mass is 9.93. The first-order valence-electron chi connectivity index (χ1n) is 11.6. The van der Waals surface area contributed by atoms with E-state index in [0.717, 1.165) is 32.1 Å². The summed E-state index contributed by atoms with van der Waals surface area (Å²) in [4.78, 5) is 39.4. The van der Waals surface area contributed by atoms with Gasteiger partial charge in [0.05, 0.1) is 10.2 Å². The molecule has 2 aromatic carbocycles. The Balaban J connectivity index is 1.62. The third kappa shape index (κ3) is 5.66. The van der Waals surface area contributed by atoms with Crippen LogP contribution in [0.2, 0.25) is 0 Å². The summed E-state index contributed by atoms with van der Waals surface area (Å²) in [5.41, 5.74) is 0.856. The van der Waals surface area contributed by atoms with Crippen LogP contribution in [0.1, 0.15) is 50.2 Å². The smallest absolute Gasteiger partial charge is 0.331 e. The number of imide groups is 2. The van der Waals surface area contributed by atoms with Gasteiger partial charge in [-0.05, 0) is 72.2 Å². The van der Waals surface area contributed by atoms with Gasteiger partial charge in [-0.1, -0.05) is 37.5 Å². The minimum atomic E-state index is -0.722. The van der Waals surface area contributed by atoms with Crippen molar-refractivity contribution >= 4 is 46.5 Å². The molecular weight excluding hydrogens is 566 g/mol. The Labute approximate surface area is 216 Å². The zero-order valence-electron chi connectivity index (χ0n) is 19.3. The minimum absolute atomic E-state index is 0.0164. The Morgan fingerprint density at radius 3 is 2.57 bits per heavy atom. The highest BCUT2D eigenvalue weighted by molar-refractivity contribution is 14.1. The zero-order chi connectivity index (χ0) is 24.9. The van der Waals surface area contributed by atoms with Crippen molar-refractivity contribution in [3.8, 4) is 11.5 Å². The molecule has 2 aliphatic rings. The van der Waals surface area contributed by atoms with Gasteiger partial charge in [-0.3, -0.25) is 19.8 Å². The number of nitrogens with zero attached hydrogens (tertiary/aromatic N) is 1. The second kappa shape index (κ2) is 11.2. The van der Waals surface area contributed by atoms with Crippen molar-refractivity contribution in [2.75, 3.05) is 6.61 Å². The third-order valence-electron chi connectivity index (χ3n) is 6.05. The third-order valence-corrected chi connectivity index (χ3v) is 6.85. The number of amides is 4. The monoisotopic (exact) mass is 592 g/mol. The number of halogens is 2. The van der Waals surface area contributed by atoms with E-state index in [-0.39, 0.29) is 24.0 Å². The predicted octanol–water partition coefficient (Wildman–Crippen LogP) is 5.20. The fraction of sp³-hybridized carbons (Fsp3) is 0.346. The van der Waals surface area contributed by atoms with Gasteiger partial charge in [-0.15, -0.1) is 0 Å². The van der Waals surface area contributed by atoms with Gasteiger partial charge in [0.2, 0.25) is 0 Å². The Hall–Kier alpha value is -2.95. The normalized spacial score (nSPS) is 18.1. The molecule has 1 N–H and O–H groups in total. The van der Waals surface area contributed by atoms with E-state index in [2.05, 4.69) is 27.9 Å². The van der Waals surface area contributed by atoms with E-state index in [1.807, 2.05) is 6.92 Å². The minimum Gasteiger partial charge on any atom is -0.490 e. The summed E-state index contributed by atoms with van der Waals surface area (Å²) in [6, 6.07) is 8.91. The van der Waals surface area contributed by atoms with Crippen LogP contribution >= 0.6 is 22.6 Å². The lowest BCUT2D eigenvalue weighted by Gasteiger charge is -2.35. The van der Waals surface area contributed by atoms with Crippen LogP contribution in [0.5, 0.6) is 11.5 Å². The van der Waals surface area contributed by atoms with E-state index in [1.165, 1.54) is 17.0 Å². The van der Waals surface area contributed by atoms with Gasteiger partial charge in [-0.25, -0.2) is 9.18 Å². The first-order valence-corrected chi connectivity index (χ1v) is 12.7. The number of benzene rings is 2. The van der Waals surface area contributed by atoms with E-state index in [4.69, 9.17) is 9.47 Å². The van der Waals surface area contributed by atoms with Crippen molar-refractivity contribution in [3.05, 3.63) is 62.5 Å². The van der Waals surface area contributed by atoms with Crippen LogP contribution in [0.25, 0.3) is 6.08 Å². The average molecular weight is 592 g/mol. The standard InChI is InChI=1S/C26H26FIN2O5/c1-2-34-22-14-16(13-21(28)23(22)35-15-17-8-6-7-11-20(17)27)12-19-24(31)29-26(33)30(25(19)32)18-9-4-3-5-10-18/h6-8,11-14,18H,2-5,9-10,15H2,1H3,(H,29,31,33). The van der Waals surface area contributed by atoms with Crippen molar-refractivity contribution in [1.29, 1.82) is 0 Å². The van der Waals surface area contributed by atoms with Crippen LogP contribution in [0.3, 0.4) is 0 Å². The van der Waals surface area contributed by atoms with E-state index in [1.54, 1.807) is 30.3 Å². The van der Waals surface area contributed by atoms with Crippen LogP contribution in [-0.4, -0.2) is 35.4 Å². The highest BCUT2D eigenvalue weighted by Gasteiger charge is 2.40. The molecule has 35 heavy (non-hydrogen) atoms. The molecule has 4 rings (SSSR count). The highest BCUT2D eigenvalue weighted by Crippen LogP contribution is 2.36. The lowest BCUT2D eigenvalue weighted by Crippen LogP contribution is -2.58. The first kappa shape index (κ1) is 25.2. The number of rotatable bonds is 7. The fourth-order valence-corrected chi connectivity index (χ4v) is 5.13. The molecule has 0 radical (unpaired) electrons. The molecule has 0 unspecified atom stereocenters. The summed E-state index contributed by atoms with van der Waals surface area (Å²) in [6.45, 7) is 2.20. The molecule has 1 aliphatic heterocycles. The summed E-state index contributed by atoms with van der Waals surface area (Å²) in [5, 5.41) is 2.30. The second-order valence-electron chi connectivity index (χ2n) is 8.43. The molecule has 0 spiro atoms. The summed E-state index contributed by atoms with van der Waals surface area (Å²) in [6.07, 6.45) is 5.90. The van der Waals surface area contributed by atoms with Gasteiger partial charge in [-0.2, -0.15) is 0 Å². The maximum absolute atomic E-state index is 14.0. The molecule has 1 heterocycles. The van der Waals surface area contributed by atoms with Gasteiger partial charge in [0.1, 0.15) is 18.0 Å². The van der Waals surface area contributed by atoms with E-state index >= 15 is 0 Å². The molecular formula is C26H26FIN2O5. The van der Waals surface area contributed by atoms with Crippen molar-refractivity contribution in [3.63, 3.8) is 0 Å². The molecule has 0 atom stereocenters. The SMILES string of the molecule is CCOc1cc(C=C2C(=O)NC(=O)N(C3CCCCC3)C2=O)cc(I)c1OCc1ccccc1F. The summed E-state index contributed by atoms with van der Waals surface area (Å²) >= 11 is 2.07. The molecule has 2 fully saturated rings. The molecule has 1 saturated carbocycles. The van der Waals surface area contributed by atoms with Crippen LogP contribution in [0.15, 0.2) is 42.0 Å². The van der Waals surface area contributed by atoms with Gasteiger partial charge in [0.15, 0.2) is 11.5 Å². The quantitative estimate of drug-likeness (QED) is 0.272. The second-order valence-corrected chi connectivity index (χ2v) is 9.59. The van der Waals surface area contributed by atoms with Gasteiger partial charge >= 0.3 is 6.03 Å². The van der Waals surface area contributed by atoms with E-state index in [9.17, 15) is 18.8 Å². The maximum atomic E-state index is 14.0. The molecule has 0 bridgehead atoms. The molecule has 4 amide bonds. The molecule has 7 nitrogen and oxygen atoms in total. The number of hydrogen-bond acceptors (Lipinski definition) is 5.